The first-order valence-corrected chi connectivity index (χ1v) is 11.4. The smallest absolute Gasteiger partial charge is 0.126 e. The maximum atomic E-state index is 13.4. The lowest BCUT2D eigenvalue weighted by Gasteiger charge is -2.37. The Morgan fingerprint density at radius 3 is 2.66 bits per heavy atom. The van der Waals surface area contributed by atoms with Gasteiger partial charge in [0.25, 0.3) is 0 Å². The van der Waals surface area contributed by atoms with Crippen LogP contribution in [-0.2, 0) is 18.2 Å². The predicted octanol–water partition coefficient (Wildman–Crippen LogP) is 5.06. The fourth-order valence-corrected chi connectivity index (χ4v) is 5.42. The molecule has 6 heteroatoms. The Labute approximate surface area is 186 Å². The van der Waals surface area contributed by atoms with E-state index >= 15 is 0 Å². The van der Waals surface area contributed by atoms with Crippen molar-refractivity contribution in [1.82, 2.24) is 19.9 Å². The molecule has 164 valence electrons. The number of aromatic amines is 1. The highest BCUT2D eigenvalue weighted by Crippen LogP contribution is 2.41. The minimum absolute atomic E-state index is 0.105. The van der Waals surface area contributed by atoms with Crippen molar-refractivity contribution in [3.05, 3.63) is 77.6 Å². The molecular weight excluding hydrogens is 403 g/mol. The van der Waals surface area contributed by atoms with Crippen molar-refractivity contribution in [3.8, 4) is 11.3 Å². The molecule has 5 nitrogen and oxygen atoms in total. The monoisotopic (exact) mass is 430 g/mol. The maximum Gasteiger partial charge on any atom is 0.126 e. The molecule has 0 radical (unpaired) electrons. The predicted molar refractivity (Wildman–Crippen MR) is 123 cm³/mol. The van der Waals surface area contributed by atoms with E-state index in [1.807, 2.05) is 13.2 Å². The van der Waals surface area contributed by atoms with Gasteiger partial charge in [-0.3, -0.25) is 5.32 Å². The molecule has 4 aromatic rings. The van der Waals surface area contributed by atoms with Gasteiger partial charge in [0.1, 0.15) is 11.6 Å². The molecule has 0 amide bonds. The van der Waals surface area contributed by atoms with E-state index in [-0.39, 0.29) is 17.9 Å². The largest absolute Gasteiger partial charge is 0.381 e. The average Bonchev–Trinajstić information content (AvgIpc) is 3.40. The fourth-order valence-electron chi connectivity index (χ4n) is 5.42. The van der Waals surface area contributed by atoms with Gasteiger partial charge in [-0.1, -0.05) is 18.2 Å². The molecule has 0 unspecified atom stereocenters. The summed E-state index contributed by atoms with van der Waals surface area (Å²) in [7, 11) is 2.05. The first-order chi connectivity index (χ1) is 15.7. The molecule has 2 aliphatic heterocycles. The van der Waals surface area contributed by atoms with Crippen molar-refractivity contribution >= 4 is 10.9 Å². The third-order valence-corrected chi connectivity index (χ3v) is 7.05. The number of nitrogens with one attached hydrogen (secondary N) is 2. The summed E-state index contributed by atoms with van der Waals surface area (Å²) in [5.41, 5.74) is 5.72. The first-order valence-electron chi connectivity index (χ1n) is 11.4. The standard InChI is InChI=1S/C26H27FN4O/c1-31-15-23(16-6-8-18(27)9-7-16)30-26(31)22-14-20-19-4-2-3-5-21(19)28-25(20)24(29-22)17-10-12-32-13-11-17/h2-9,15,17,22,24,28-29H,10-14H2,1H3/t22-,24+/m1/s1. The lowest BCUT2D eigenvalue weighted by atomic mass is 9.83. The quantitative estimate of drug-likeness (QED) is 0.478. The number of imidazole rings is 1. The fraction of sp³-hybridized carbons (Fsp3) is 0.346. The van der Waals surface area contributed by atoms with Crippen LogP contribution in [0.2, 0.25) is 0 Å². The Hall–Kier alpha value is -2.96. The summed E-state index contributed by atoms with van der Waals surface area (Å²) in [6.07, 6.45) is 5.03. The number of nitrogens with zero attached hydrogens (tertiary/aromatic N) is 2. The Morgan fingerprint density at radius 1 is 1.06 bits per heavy atom. The molecule has 6 rings (SSSR count). The van der Waals surface area contributed by atoms with Gasteiger partial charge in [0.15, 0.2) is 0 Å². The van der Waals surface area contributed by atoms with Gasteiger partial charge in [-0.05, 0) is 61.1 Å². The number of para-hydroxylation sites is 1. The van der Waals surface area contributed by atoms with Crippen molar-refractivity contribution in [3.63, 3.8) is 0 Å². The van der Waals surface area contributed by atoms with Gasteiger partial charge < -0.3 is 14.3 Å². The van der Waals surface area contributed by atoms with Crippen LogP contribution >= 0.6 is 0 Å². The zero-order valence-corrected chi connectivity index (χ0v) is 18.1. The Kier molecular flexibility index (Phi) is 4.85. The zero-order chi connectivity index (χ0) is 21.7. The number of halogens is 1. The number of aryl methyl sites for hydroxylation is 1. The van der Waals surface area contributed by atoms with E-state index in [4.69, 9.17) is 9.72 Å². The summed E-state index contributed by atoms with van der Waals surface area (Å²) in [6.45, 7) is 1.64. The lowest BCUT2D eigenvalue weighted by Crippen LogP contribution is -2.40. The van der Waals surface area contributed by atoms with Crippen molar-refractivity contribution < 1.29 is 9.13 Å². The minimum atomic E-state index is -0.231. The summed E-state index contributed by atoms with van der Waals surface area (Å²) < 4.78 is 21.1. The number of hydrogen-bond acceptors (Lipinski definition) is 3. The Balaban J connectivity index is 1.41. The molecule has 0 bridgehead atoms. The number of hydrogen-bond donors (Lipinski definition) is 2. The number of benzene rings is 2. The number of H-pyrrole nitrogens is 1. The molecule has 1 fully saturated rings. The van der Waals surface area contributed by atoms with Crippen LogP contribution in [-0.4, -0.2) is 27.7 Å². The van der Waals surface area contributed by atoms with E-state index in [0.29, 0.717) is 5.92 Å². The van der Waals surface area contributed by atoms with Crippen LogP contribution in [0.3, 0.4) is 0 Å². The first kappa shape index (κ1) is 19.7. The van der Waals surface area contributed by atoms with Crippen LogP contribution in [0.25, 0.3) is 22.2 Å². The minimum Gasteiger partial charge on any atom is -0.381 e. The van der Waals surface area contributed by atoms with Gasteiger partial charge in [-0.15, -0.1) is 0 Å². The van der Waals surface area contributed by atoms with Crippen molar-refractivity contribution in [2.75, 3.05) is 13.2 Å². The van der Waals surface area contributed by atoms with E-state index in [0.717, 1.165) is 49.6 Å². The SMILES string of the molecule is Cn1cc(-c2ccc(F)cc2)nc1[C@H]1Cc2c([nH]c3ccccc23)[C@H](C2CCOCC2)N1. The van der Waals surface area contributed by atoms with E-state index in [9.17, 15) is 4.39 Å². The van der Waals surface area contributed by atoms with Gasteiger partial charge in [0.05, 0.1) is 17.8 Å². The molecule has 2 N–H and O–H groups in total. The molecule has 0 aliphatic carbocycles. The second kappa shape index (κ2) is 7.87. The lowest BCUT2D eigenvalue weighted by molar-refractivity contribution is 0.0496. The second-order valence-electron chi connectivity index (χ2n) is 9.02. The average molecular weight is 431 g/mol. The Bertz CT molecular complexity index is 1250. The van der Waals surface area contributed by atoms with Crippen molar-refractivity contribution in [1.29, 1.82) is 0 Å². The second-order valence-corrected chi connectivity index (χ2v) is 9.02. The number of rotatable bonds is 3. The zero-order valence-electron chi connectivity index (χ0n) is 18.1. The molecule has 2 aliphatic rings. The third-order valence-electron chi connectivity index (χ3n) is 7.05. The number of ether oxygens (including phenoxy) is 1. The van der Waals surface area contributed by atoms with Gasteiger partial charge in [-0.2, -0.15) is 0 Å². The van der Waals surface area contributed by atoms with Crippen LogP contribution in [0, 0.1) is 11.7 Å². The topological polar surface area (TPSA) is 54.9 Å². The summed E-state index contributed by atoms with van der Waals surface area (Å²) in [6, 6.07) is 15.5. The number of aromatic nitrogens is 3. The molecule has 2 aromatic carbocycles. The molecule has 32 heavy (non-hydrogen) atoms. The molecule has 4 heterocycles. The van der Waals surface area contributed by atoms with Gasteiger partial charge >= 0.3 is 0 Å². The van der Waals surface area contributed by atoms with Crippen LogP contribution in [0.15, 0.2) is 54.7 Å². The third kappa shape index (κ3) is 3.34. The summed E-state index contributed by atoms with van der Waals surface area (Å²) in [5, 5.41) is 5.25. The molecule has 2 aromatic heterocycles. The van der Waals surface area contributed by atoms with E-state index in [1.54, 1.807) is 12.1 Å². The molecular formula is C26H27FN4O. The van der Waals surface area contributed by atoms with E-state index < -0.39 is 0 Å². The molecule has 1 saturated heterocycles. The van der Waals surface area contributed by atoms with Crippen LogP contribution < -0.4 is 5.32 Å². The van der Waals surface area contributed by atoms with Gasteiger partial charge in [0, 0.05) is 48.6 Å². The van der Waals surface area contributed by atoms with Crippen LogP contribution in [0.1, 0.15) is 42.0 Å². The number of fused-ring (bicyclic) bond motifs is 3. The van der Waals surface area contributed by atoms with Gasteiger partial charge in [-0.25, -0.2) is 9.37 Å². The highest BCUT2D eigenvalue weighted by molar-refractivity contribution is 5.85. The van der Waals surface area contributed by atoms with Crippen LogP contribution in [0.4, 0.5) is 4.39 Å². The highest BCUT2D eigenvalue weighted by Gasteiger charge is 2.37. The van der Waals surface area contributed by atoms with Crippen molar-refractivity contribution in [2.24, 2.45) is 13.0 Å². The highest BCUT2D eigenvalue weighted by atomic mass is 19.1. The van der Waals surface area contributed by atoms with E-state index in [2.05, 4.69) is 39.1 Å². The van der Waals surface area contributed by atoms with E-state index in [1.165, 1.54) is 34.3 Å². The summed E-state index contributed by atoms with van der Waals surface area (Å²) in [4.78, 5) is 8.71. The molecule has 2 atom stereocenters. The summed E-state index contributed by atoms with van der Waals surface area (Å²) in [5.74, 6) is 1.30. The summed E-state index contributed by atoms with van der Waals surface area (Å²) >= 11 is 0. The van der Waals surface area contributed by atoms with Crippen molar-refractivity contribution in [2.45, 2.75) is 31.3 Å². The molecule has 0 spiro atoms. The Morgan fingerprint density at radius 2 is 1.84 bits per heavy atom. The van der Waals surface area contributed by atoms with Crippen LogP contribution in [0.5, 0.6) is 0 Å². The van der Waals surface area contributed by atoms with Gasteiger partial charge in [0.2, 0.25) is 0 Å². The molecule has 0 saturated carbocycles. The normalized spacial score (nSPS) is 21.7. The maximum absolute atomic E-state index is 13.4.